The summed E-state index contributed by atoms with van der Waals surface area (Å²) in [4.78, 5) is 11.4. The van der Waals surface area contributed by atoms with E-state index in [-0.39, 0.29) is 0 Å². The molecule has 0 aliphatic heterocycles. The zero-order chi connectivity index (χ0) is 13.8. The van der Waals surface area contributed by atoms with Gasteiger partial charge in [0.25, 0.3) is 0 Å². The highest BCUT2D eigenvalue weighted by Gasteiger charge is 2.17. The summed E-state index contributed by atoms with van der Waals surface area (Å²) in [7, 11) is 1.32. The Morgan fingerprint density at radius 1 is 1.56 bits per heavy atom. The number of hydrogen-bond acceptors (Lipinski definition) is 4. The van der Waals surface area contributed by atoms with Crippen LogP contribution in [0, 0.1) is 16.7 Å². The Labute approximate surface area is 112 Å². The van der Waals surface area contributed by atoms with E-state index in [0.29, 0.717) is 22.8 Å². The number of carbonyl (C=O) groups is 1. The first-order valence-corrected chi connectivity index (χ1v) is 5.80. The van der Waals surface area contributed by atoms with Crippen molar-refractivity contribution in [3.05, 3.63) is 28.8 Å². The lowest BCUT2D eigenvalue weighted by Crippen LogP contribution is -2.21. The maximum Gasteiger partial charge on any atom is 0.337 e. The molecule has 1 N–H and O–H groups in total. The van der Waals surface area contributed by atoms with Gasteiger partial charge in [0.05, 0.1) is 34.9 Å². The number of anilines is 1. The Morgan fingerprint density at radius 2 is 2.22 bits per heavy atom. The third-order valence-electron chi connectivity index (χ3n) is 2.41. The fraction of sp³-hybridized carbons (Fsp3) is 0.385. The van der Waals surface area contributed by atoms with Crippen molar-refractivity contribution < 1.29 is 9.53 Å². The number of methoxy groups -OCH3 is 1. The number of esters is 1. The van der Waals surface area contributed by atoms with E-state index in [1.54, 1.807) is 18.2 Å². The van der Waals surface area contributed by atoms with Crippen LogP contribution in [0.5, 0.6) is 0 Å². The van der Waals surface area contributed by atoms with Gasteiger partial charge < -0.3 is 10.1 Å². The molecule has 0 aliphatic carbocycles. The lowest BCUT2D eigenvalue weighted by atomic mass is 9.96. The number of rotatable bonds is 4. The molecule has 1 aromatic rings. The molecule has 0 amide bonds. The number of nitrogens with zero attached hydrogens (tertiary/aromatic N) is 1. The van der Waals surface area contributed by atoms with Crippen molar-refractivity contribution in [2.24, 2.45) is 5.41 Å². The lowest BCUT2D eigenvalue weighted by molar-refractivity contribution is 0.0601. The van der Waals surface area contributed by atoms with Gasteiger partial charge in [-0.25, -0.2) is 4.79 Å². The summed E-state index contributed by atoms with van der Waals surface area (Å²) >= 11 is 6.02. The van der Waals surface area contributed by atoms with Crippen LogP contribution < -0.4 is 5.32 Å². The maximum absolute atomic E-state index is 11.4. The Kier molecular flexibility index (Phi) is 4.57. The van der Waals surface area contributed by atoms with E-state index >= 15 is 0 Å². The minimum Gasteiger partial charge on any atom is -0.465 e. The van der Waals surface area contributed by atoms with Crippen LogP contribution >= 0.6 is 11.6 Å². The summed E-state index contributed by atoms with van der Waals surface area (Å²) in [5.41, 5.74) is 0.520. The van der Waals surface area contributed by atoms with E-state index in [9.17, 15) is 4.79 Å². The van der Waals surface area contributed by atoms with Crippen LogP contribution in [0.25, 0.3) is 0 Å². The summed E-state index contributed by atoms with van der Waals surface area (Å²) in [6.45, 7) is 4.07. The van der Waals surface area contributed by atoms with Crippen molar-refractivity contribution >= 4 is 23.3 Å². The van der Waals surface area contributed by atoms with Gasteiger partial charge in [0.1, 0.15) is 0 Å². The van der Waals surface area contributed by atoms with Crippen LogP contribution in [0.3, 0.4) is 0 Å². The molecule has 0 saturated carbocycles. The first-order chi connectivity index (χ1) is 8.39. The van der Waals surface area contributed by atoms with Gasteiger partial charge in [-0.3, -0.25) is 0 Å². The van der Waals surface area contributed by atoms with Gasteiger partial charge in [-0.1, -0.05) is 11.6 Å². The van der Waals surface area contributed by atoms with Crippen molar-refractivity contribution in [2.45, 2.75) is 13.8 Å². The fourth-order valence-corrected chi connectivity index (χ4v) is 1.45. The molecule has 4 nitrogen and oxygen atoms in total. The minimum atomic E-state index is -0.509. The average molecular weight is 267 g/mol. The van der Waals surface area contributed by atoms with Crippen LogP contribution in [-0.4, -0.2) is 19.6 Å². The molecule has 1 aromatic carbocycles. The molecule has 0 spiro atoms. The van der Waals surface area contributed by atoms with Crippen molar-refractivity contribution in [1.82, 2.24) is 0 Å². The number of nitriles is 1. The van der Waals surface area contributed by atoms with Crippen LogP contribution in [-0.2, 0) is 4.74 Å². The van der Waals surface area contributed by atoms with Crippen molar-refractivity contribution in [3.8, 4) is 6.07 Å². The highest BCUT2D eigenvalue weighted by molar-refractivity contribution is 6.33. The van der Waals surface area contributed by atoms with E-state index in [0.717, 1.165) is 0 Å². The van der Waals surface area contributed by atoms with E-state index in [2.05, 4.69) is 16.1 Å². The number of benzene rings is 1. The molecule has 5 heteroatoms. The first-order valence-electron chi connectivity index (χ1n) is 5.42. The number of hydrogen-bond donors (Lipinski definition) is 1. The molecule has 1 rings (SSSR count). The number of carbonyl (C=O) groups excluding carboxylic acids is 1. The topological polar surface area (TPSA) is 62.1 Å². The quantitative estimate of drug-likeness (QED) is 0.851. The Hall–Kier alpha value is -1.73. The Balaban J connectivity index is 2.89. The summed E-state index contributed by atoms with van der Waals surface area (Å²) in [5.74, 6) is -0.422. The minimum absolute atomic E-state index is 0.416. The van der Waals surface area contributed by atoms with Gasteiger partial charge in [-0.15, -0.1) is 0 Å². The first kappa shape index (κ1) is 14.3. The number of halogens is 1. The van der Waals surface area contributed by atoms with Gasteiger partial charge in [-0.05, 0) is 32.0 Å². The molecule has 0 saturated heterocycles. The van der Waals surface area contributed by atoms with Gasteiger partial charge in [0.15, 0.2) is 0 Å². The second-order valence-corrected chi connectivity index (χ2v) is 4.94. The third kappa shape index (κ3) is 3.64. The highest BCUT2D eigenvalue weighted by atomic mass is 35.5. The maximum atomic E-state index is 11.4. The molecular weight excluding hydrogens is 252 g/mol. The largest absolute Gasteiger partial charge is 0.465 e. The SMILES string of the molecule is COC(=O)c1ccc(Cl)c(NCC(C)(C)C#N)c1. The summed E-state index contributed by atoms with van der Waals surface area (Å²) in [6.07, 6.45) is 0. The van der Waals surface area contributed by atoms with Gasteiger partial charge in [-0.2, -0.15) is 5.26 Å². The van der Waals surface area contributed by atoms with Gasteiger partial charge >= 0.3 is 5.97 Å². The molecule has 0 aliphatic rings. The summed E-state index contributed by atoms with van der Waals surface area (Å²) in [6, 6.07) is 7.01. The predicted molar refractivity (Wildman–Crippen MR) is 70.7 cm³/mol. The molecular formula is C13H15ClN2O2. The Bertz CT molecular complexity index is 492. The van der Waals surface area contributed by atoms with E-state index in [1.807, 2.05) is 13.8 Å². The van der Waals surface area contributed by atoms with E-state index in [1.165, 1.54) is 7.11 Å². The highest BCUT2D eigenvalue weighted by Crippen LogP contribution is 2.25. The smallest absolute Gasteiger partial charge is 0.337 e. The second kappa shape index (κ2) is 5.74. The lowest BCUT2D eigenvalue weighted by Gasteiger charge is -2.17. The summed E-state index contributed by atoms with van der Waals surface area (Å²) in [5, 5.41) is 12.5. The van der Waals surface area contributed by atoms with Crippen LogP contribution in [0.15, 0.2) is 18.2 Å². The van der Waals surface area contributed by atoms with E-state index in [4.69, 9.17) is 16.9 Å². The monoisotopic (exact) mass is 266 g/mol. The number of ether oxygens (including phenoxy) is 1. The molecule has 0 heterocycles. The average Bonchev–Trinajstić information content (AvgIpc) is 2.37. The normalized spacial score (nSPS) is 10.6. The van der Waals surface area contributed by atoms with E-state index < -0.39 is 11.4 Å². The number of nitrogens with one attached hydrogen (secondary N) is 1. The zero-order valence-corrected chi connectivity index (χ0v) is 11.3. The second-order valence-electron chi connectivity index (χ2n) is 4.54. The van der Waals surface area contributed by atoms with Crippen molar-refractivity contribution in [1.29, 1.82) is 5.26 Å². The fourth-order valence-electron chi connectivity index (χ4n) is 1.26. The molecule has 18 heavy (non-hydrogen) atoms. The zero-order valence-electron chi connectivity index (χ0n) is 10.6. The summed E-state index contributed by atoms with van der Waals surface area (Å²) < 4.78 is 4.64. The third-order valence-corrected chi connectivity index (χ3v) is 2.74. The molecule has 0 atom stereocenters. The molecule has 0 bridgehead atoms. The van der Waals surface area contributed by atoms with Gasteiger partial charge in [0.2, 0.25) is 0 Å². The Morgan fingerprint density at radius 3 is 2.78 bits per heavy atom. The van der Waals surface area contributed by atoms with Crippen molar-refractivity contribution in [3.63, 3.8) is 0 Å². The molecule has 0 fully saturated rings. The standard InChI is InChI=1S/C13H15ClN2O2/c1-13(2,7-15)8-16-11-6-9(12(17)18-3)4-5-10(11)14/h4-6,16H,8H2,1-3H3. The molecule has 96 valence electrons. The predicted octanol–water partition coefficient (Wildman–Crippen LogP) is 3.09. The van der Waals surface area contributed by atoms with Crippen LogP contribution in [0.2, 0.25) is 5.02 Å². The molecule has 0 radical (unpaired) electrons. The van der Waals surface area contributed by atoms with Crippen LogP contribution in [0.4, 0.5) is 5.69 Å². The van der Waals surface area contributed by atoms with Crippen molar-refractivity contribution in [2.75, 3.05) is 19.0 Å². The molecule has 0 unspecified atom stereocenters. The van der Waals surface area contributed by atoms with Gasteiger partial charge in [0, 0.05) is 6.54 Å². The van der Waals surface area contributed by atoms with Crippen LogP contribution in [0.1, 0.15) is 24.2 Å². The molecule has 0 aromatic heterocycles.